The molecule has 6 aliphatic rings. The molecule has 0 heterocycles. The van der Waals surface area contributed by atoms with Crippen LogP contribution in [0.25, 0.3) is 0 Å². The van der Waals surface area contributed by atoms with Gasteiger partial charge in [-0.25, -0.2) is 0 Å². The van der Waals surface area contributed by atoms with E-state index in [1.165, 1.54) is 11.1 Å². The molecule has 320 valence electrons. The van der Waals surface area contributed by atoms with Crippen LogP contribution in [0.2, 0.25) is 0 Å². The third-order valence-corrected chi connectivity index (χ3v) is 16.5. The fraction of sp³-hybridized carbons (Fsp3) is 0.812. The maximum Gasteiger partial charge on any atom is 0.300 e. The van der Waals surface area contributed by atoms with Gasteiger partial charge in [-0.2, -0.15) is 0 Å². The van der Waals surface area contributed by atoms with Crippen LogP contribution in [0.15, 0.2) is 48.6 Å². The first kappa shape index (κ1) is 46.9. The highest BCUT2D eigenvalue weighted by Gasteiger charge is 2.57. The molecule has 6 saturated carbocycles. The number of allylic oxidation sites excluding steroid dienone is 4. The van der Waals surface area contributed by atoms with Gasteiger partial charge in [0, 0.05) is 20.0 Å². The summed E-state index contributed by atoms with van der Waals surface area (Å²) < 4.78 is 0. The first-order chi connectivity index (χ1) is 26.1. The van der Waals surface area contributed by atoms with Crippen LogP contribution in [0.4, 0.5) is 0 Å². The zero-order chi connectivity index (χ0) is 41.8. The van der Waals surface area contributed by atoms with Crippen molar-refractivity contribution in [2.24, 2.45) is 57.2 Å². The number of nitrogens with zero attached hydrogens (tertiary/aromatic N) is 2. The van der Waals surface area contributed by atoms with Gasteiger partial charge in [-0.1, -0.05) is 76.3 Å². The van der Waals surface area contributed by atoms with E-state index in [2.05, 4.69) is 103 Å². The minimum absolute atomic E-state index is 0.0761. The summed E-state index contributed by atoms with van der Waals surface area (Å²) in [4.78, 5) is 13.3. The summed E-state index contributed by atoms with van der Waals surface area (Å²) in [7, 11) is 8.33. The van der Waals surface area contributed by atoms with E-state index in [-0.39, 0.29) is 46.1 Å². The topological polar surface area (TPSA) is 125 Å². The molecule has 0 aromatic rings. The van der Waals surface area contributed by atoms with Crippen LogP contribution >= 0.6 is 0 Å². The zero-order valence-corrected chi connectivity index (χ0v) is 36.8. The number of carbonyl (C=O) groups is 1. The lowest BCUT2D eigenvalue weighted by atomic mass is 9.52. The summed E-state index contributed by atoms with van der Waals surface area (Å²) in [5.74, 6) is 1.24. The van der Waals surface area contributed by atoms with Crippen LogP contribution in [-0.2, 0) is 4.79 Å². The largest absolute Gasteiger partial charge is 0.481 e. The van der Waals surface area contributed by atoms with Crippen LogP contribution in [0.1, 0.15) is 125 Å². The zero-order valence-electron chi connectivity index (χ0n) is 36.8. The van der Waals surface area contributed by atoms with Crippen molar-refractivity contribution >= 4 is 5.97 Å². The summed E-state index contributed by atoms with van der Waals surface area (Å²) in [6.45, 7) is 21.0. The number of aliphatic carboxylic acids is 1. The van der Waals surface area contributed by atoms with Crippen LogP contribution in [-0.4, -0.2) is 107 Å². The lowest BCUT2D eigenvalue weighted by molar-refractivity contribution is -0.134. The maximum absolute atomic E-state index is 11.4. The van der Waals surface area contributed by atoms with Gasteiger partial charge in [0.15, 0.2) is 0 Å². The third-order valence-electron chi connectivity index (χ3n) is 16.5. The molecule has 5 N–H and O–H groups in total. The Labute approximate surface area is 341 Å². The second kappa shape index (κ2) is 19.1. The fourth-order valence-electron chi connectivity index (χ4n) is 12.5. The Bertz CT molecular complexity index is 1310. The van der Waals surface area contributed by atoms with Crippen molar-refractivity contribution in [1.82, 2.24) is 9.80 Å². The molecule has 0 radical (unpaired) electrons. The molecule has 6 fully saturated rings. The molecule has 14 atom stereocenters. The first-order valence-electron chi connectivity index (χ1n) is 22.0. The molecule has 56 heavy (non-hydrogen) atoms. The van der Waals surface area contributed by atoms with E-state index < -0.39 is 5.97 Å². The molecule has 0 aromatic carbocycles. The number of aliphatic hydroxyl groups is 4. The molecule has 8 heteroatoms. The van der Waals surface area contributed by atoms with Crippen LogP contribution < -0.4 is 0 Å². The highest BCUT2D eigenvalue weighted by atomic mass is 16.4. The summed E-state index contributed by atoms with van der Waals surface area (Å²) in [5, 5.41) is 50.8. The van der Waals surface area contributed by atoms with Gasteiger partial charge < -0.3 is 35.3 Å². The van der Waals surface area contributed by atoms with Crippen molar-refractivity contribution in [2.75, 3.05) is 41.3 Å². The van der Waals surface area contributed by atoms with Gasteiger partial charge in [0.05, 0.1) is 24.4 Å². The molecular formula is C48H82N2O6. The van der Waals surface area contributed by atoms with Crippen molar-refractivity contribution in [3.8, 4) is 0 Å². The van der Waals surface area contributed by atoms with E-state index in [9.17, 15) is 20.4 Å². The van der Waals surface area contributed by atoms with E-state index >= 15 is 0 Å². The highest BCUT2D eigenvalue weighted by molar-refractivity contribution is 5.63. The van der Waals surface area contributed by atoms with Crippen LogP contribution in [0.5, 0.6) is 0 Å². The van der Waals surface area contributed by atoms with Gasteiger partial charge in [0.2, 0.25) is 0 Å². The molecule has 8 nitrogen and oxygen atoms in total. The average Bonchev–Trinajstić information content (AvgIpc) is 3.59. The molecule has 4 unspecified atom stereocenters. The molecule has 0 bridgehead atoms. The predicted molar refractivity (Wildman–Crippen MR) is 229 cm³/mol. The standard InChI is InChI=1S/2C23H39NO2.C2H4O2/c2*1-16-8-9-19-21(26)20(11-13-22(16,19)2)23(3)12-10-18(25)15-17(23)7-6-14-24(4)5;1-2(3)4/h2*6-7,17-21,25-26H,1,8-15H2,2-5H3;1H3,(H,3,4)/b2*7-6-;/t2*17-,18-,19?,20?,21-,22+,23-;/m00./s1. The average molecular weight is 783 g/mol. The Kier molecular flexibility index (Phi) is 16.0. The van der Waals surface area contributed by atoms with Crippen molar-refractivity contribution in [1.29, 1.82) is 0 Å². The van der Waals surface area contributed by atoms with Gasteiger partial charge in [-0.3, -0.25) is 4.79 Å². The lowest BCUT2D eigenvalue weighted by Crippen LogP contribution is -2.52. The summed E-state index contributed by atoms with van der Waals surface area (Å²) in [5.41, 5.74) is 3.13. The highest BCUT2D eigenvalue weighted by Crippen LogP contribution is 2.63. The second-order valence-corrected chi connectivity index (χ2v) is 20.6. The number of rotatable bonds is 8. The number of fused-ring (bicyclic) bond motifs is 2. The first-order valence-corrected chi connectivity index (χ1v) is 22.0. The van der Waals surface area contributed by atoms with E-state index in [1.807, 2.05) is 0 Å². The van der Waals surface area contributed by atoms with E-state index in [4.69, 9.17) is 9.90 Å². The summed E-state index contributed by atoms with van der Waals surface area (Å²) in [6.07, 6.45) is 22.5. The molecular weight excluding hydrogens is 701 g/mol. The fourth-order valence-corrected chi connectivity index (χ4v) is 12.5. The second-order valence-electron chi connectivity index (χ2n) is 20.6. The summed E-state index contributed by atoms with van der Waals surface area (Å²) in [6, 6.07) is 0. The van der Waals surface area contributed by atoms with Crippen molar-refractivity contribution < 1.29 is 30.3 Å². The molecule has 0 saturated heterocycles. The van der Waals surface area contributed by atoms with Gasteiger partial charge in [-0.15, -0.1) is 0 Å². The van der Waals surface area contributed by atoms with Gasteiger partial charge in [0.1, 0.15) is 0 Å². The number of hydrogen-bond acceptors (Lipinski definition) is 7. The minimum Gasteiger partial charge on any atom is -0.481 e. The maximum atomic E-state index is 11.4. The van der Waals surface area contributed by atoms with E-state index in [0.29, 0.717) is 35.5 Å². The van der Waals surface area contributed by atoms with Crippen molar-refractivity contribution in [3.63, 3.8) is 0 Å². The molecule has 6 rings (SSSR count). The van der Waals surface area contributed by atoms with Gasteiger partial charge in [0.25, 0.3) is 5.97 Å². The Hall–Kier alpha value is -1.81. The van der Waals surface area contributed by atoms with Crippen molar-refractivity contribution in [3.05, 3.63) is 48.6 Å². The number of carboxylic acids is 1. The third kappa shape index (κ3) is 10.1. The Morgan fingerprint density at radius 2 is 0.964 bits per heavy atom. The number of hydrogen-bond donors (Lipinski definition) is 5. The van der Waals surface area contributed by atoms with E-state index in [1.54, 1.807) is 0 Å². The minimum atomic E-state index is -0.833. The van der Waals surface area contributed by atoms with E-state index in [0.717, 1.165) is 110 Å². The Morgan fingerprint density at radius 1 is 0.625 bits per heavy atom. The normalized spacial score (nSPS) is 44.0. The van der Waals surface area contributed by atoms with Crippen LogP contribution in [0.3, 0.4) is 0 Å². The molecule has 0 aliphatic heterocycles. The number of carboxylic acid groups (broad SMARTS) is 1. The van der Waals surface area contributed by atoms with Gasteiger partial charge >= 0.3 is 0 Å². The number of likely N-dealkylation sites (N-methyl/N-ethyl adjacent to an activating group) is 2. The Balaban J connectivity index is 0.000000227. The number of aliphatic hydroxyl groups excluding tert-OH is 4. The quantitative estimate of drug-likeness (QED) is 0.157. The molecule has 0 aromatic heterocycles. The smallest absolute Gasteiger partial charge is 0.300 e. The Morgan fingerprint density at radius 3 is 1.29 bits per heavy atom. The van der Waals surface area contributed by atoms with Crippen molar-refractivity contribution in [2.45, 2.75) is 149 Å². The molecule has 6 aliphatic carbocycles. The molecule has 0 amide bonds. The monoisotopic (exact) mass is 783 g/mol. The molecule has 0 spiro atoms. The predicted octanol–water partition coefficient (Wildman–Crippen LogP) is 8.12. The van der Waals surface area contributed by atoms with Crippen LogP contribution in [0, 0.1) is 57.2 Å². The lowest BCUT2D eigenvalue weighted by Gasteiger charge is -2.54. The van der Waals surface area contributed by atoms with Gasteiger partial charge in [-0.05, 0) is 175 Å². The summed E-state index contributed by atoms with van der Waals surface area (Å²) >= 11 is 0. The SMILES string of the molecule is C=C1CCC2[C@H](O)C([C@@]3(C)CC[C@H](O)C[C@@H]3/C=C\CN(C)C)CC[C@]12C.C=C1CCC2[C@H](O)C([C@@]3(C)CC[C@H](O)C[C@@H]3/C=C\CN(C)C)CC[C@]12C.CC(=O)O.